The number of aromatic nitrogens is 2. The summed E-state index contributed by atoms with van der Waals surface area (Å²) in [5.74, 6) is 1.33. The topological polar surface area (TPSA) is 78.0 Å². The summed E-state index contributed by atoms with van der Waals surface area (Å²) in [4.78, 5) is 0. The van der Waals surface area contributed by atoms with E-state index in [0.717, 1.165) is 5.56 Å². The smallest absolute Gasteiger partial charge is 0.152 e. The Bertz CT molecular complexity index is 490. The Morgan fingerprint density at radius 1 is 1.56 bits per heavy atom. The molecule has 1 aromatic heterocycles. The minimum atomic E-state index is -2.89. The molecule has 0 saturated carbocycles. The van der Waals surface area contributed by atoms with Gasteiger partial charge in [-0.15, -0.1) is 0 Å². The minimum absolute atomic E-state index is 0.0856. The van der Waals surface area contributed by atoms with Crippen molar-refractivity contribution in [2.75, 3.05) is 17.2 Å². The molecule has 1 aliphatic heterocycles. The Hall–Kier alpha value is -1.04. The van der Waals surface area contributed by atoms with E-state index in [-0.39, 0.29) is 17.5 Å². The lowest BCUT2D eigenvalue weighted by molar-refractivity contribution is 0.506. The summed E-state index contributed by atoms with van der Waals surface area (Å²) in [5.41, 5.74) is 6.97. The van der Waals surface area contributed by atoms with Gasteiger partial charge >= 0.3 is 0 Å². The maximum Gasteiger partial charge on any atom is 0.152 e. The highest BCUT2D eigenvalue weighted by atomic mass is 32.2. The number of nitrogens with two attached hydrogens (primary N) is 1. The summed E-state index contributed by atoms with van der Waals surface area (Å²) in [5, 5.41) is 4.21. The predicted octanol–water partition coefficient (Wildman–Crippen LogP) is 0.948. The number of hydrogen-bond donors (Lipinski definition) is 1. The fourth-order valence-corrected chi connectivity index (χ4v) is 3.78. The van der Waals surface area contributed by atoms with Gasteiger partial charge in [0.25, 0.3) is 0 Å². The lowest BCUT2D eigenvalue weighted by Crippen LogP contribution is -2.15. The van der Waals surface area contributed by atoms with Crippen LogP contribution in [-0.2, 0) is 9.84 Å². The molecule has 2 N–H and O–H groups in total. The molecule has 1 aromatic rings. The molecule has 0 aromatic carbocycles. The summed E-state index contributed by atoms with van der Waals surface area (Å²) < 4.78 is 24.4. The van der Waals surface area contributed by atoms with Crippen molar-refractivity contribution in [3.63, 3.8) is 0 Å². The van der Waals surface area contributed by atoms with Gasteiger partial charge in [-0.2, -0.15) is 5.10 Å². The van der Waals surface area contributed by atoms with Crippen LogP contribution in [0.5, 0.6) is 0 Å². The summed E-state index contributed by atoms with van der Waals surface area (Å²) in [6.07, 6.45) is 2.36. The third-order valence-electron chi connectivity index (χ3n) is 3.04. The number of sulfone groups is 1. The third-order valence-corrected chi connectivity index (χ3v) is 4.79. The Morgan fingerprint density at radius 2 is 2.25 bits per heavy atom. The fraction of sp³-hybridized carbons (Fsp3) is 0.700. The first-order chi connectivity index (χ1) is 7.41. The van der Waals surface area contributed by atoms with Gasteiger partial charge in [0.2, 0.25) is 0 Å². The van der Waals surface area contributed by atoms with E-state index >= 15 is 0 Å². The number of rotatable bonds is 2. The second kappa shape index (κ2) is 3.76. The van der Waals surface area contributed by atoms with Crippen LogP contribution in [0.1, 0.15) is 37.8 Å². The quantitative estimate of drug-likeness (QED) is 0.838. The van der Waals surface area contributed by atoms with Gasteiger partial charge in [-0.25, -0.2) is 13.1 Å². The molecule has 0 amide bonds. The van der Waals surface area contributed by atoms with Gasteiger partial charge in [-0.1, -0.05) is 13.8 Å². The molecule has 5 nitrogen and oxygen atoms in total. The first-order valence-corrected chi connectivity index (χ1v) is 7.26. The molecule has 16 heavy (non-hydrogen) atoms. The van der Waals surface area contributed by atoms with Crippen LogP contribution in [-0.4, -0.2) is 29.7 Å². The molecule has 2 heterocycles. The Kier molecular flexibility index (Phi) is 2.69. The van der Waals surface area contributed by atoms with Crippen LogP contribution >= 0.6 is 0 Å². The lowest BCUT2D eigenvalue weighted by atomic mass is 10.1. The van der Waals surface area contributed by atoms with Crippen LogP contribution in [0.2, 0.25) is 0 Å². The highest BCUT2D eigenvalue weighted by Gasteiger charge is 2.31. The zero-order valence-corrected chi connectivity index (χ0v) is 10.4. The van der Waals surface area contributed by atoms with E-state index in [2.05, 4.69) is 5.10 Å². The van der Waals surface area contributed by atoms with E-state index in [1.807, 2.05) is 13.8 Å². The van der Waals surface area contributed by atoms with Crippen molar-refractivity contribution in [1.29, 1.82) is 0 Å². The van der Waals surface area contributed by atoms with Crippen molar-refractivity contribution in [2.45, 2.75) is 32.2 Å². The van der Waals surface area contributed by atoms with Crippen LogP contribution in [0.25, 0.3) is 0 Å². The largest absolute Gasteiger partial charge is 0.384 e. The normalized spacial score (nSPS) is 24.1. The van der Waals surface area contributed by atoms with E-state index < -0.39 is 9.84 Å². The number of anilines is 1. The van der Waals surface area contributed by atoms with Gasteiger partial charge in [0.15, 0.2) is 9.84 Å². The van der Waals surface area contributed by atoms with E-state index in [1.165, 1.54) is 0 Å². The van der Waals surface area contributed by atoms with Crippen molar-refractivity contribution in [2.24, 2.45) is 0 Å². The first kappa shape index (κ1) is 11.4. The molecule has 6 heteroatoms. The second-order valence-corrected chi connectivity index (χ2v) is 6.87. The highest BCUT2D eigenvalue weighted by Crippen LogP contribution is 2.29. The van der Waals surface area contributed by atoms with E-state index in [4.69, 9.17) is 5.73 Å². The molecular formula is C10H17N3O2S. The highest BCUT2D eigenvalue weighted by molar-refractivity contribution is 7.91. The average Bonchev–Trinajstić information content (AvgIpc) is 2.69. The van der Waals surface area contributed by atoms with Gasteiger partial charge in [0, 0.05) is 5.56 Å². The van der Waals surface area contributed by atoms with Gasteiger partial charge in [0.1, 0.15) is 5.82 Å². The minimum Gasteiger partial charge on any atom is -0.384 e. The zero-order valence-electron chi connectivity index (χ0n) is 9.55. The monoisotopic (exact) mass is 243 g/mol. The third kappa shape index (κ3) is 1.93. The van der Waals surface area contributed by atoms with Gasteiger partial charge in [-0.05, 0) is 12.3 Å². The molecule has 0 spiro atoms. The molecule has 1 aliphatic rings. The fourth-order valence-electron chi connectivity index (χ4n) is 2.09. The van der Waals surface area contributed by atoms with Crippen molar-refractivity contribution in [1.82, 2.24) is 9.78 Å². The Labute approximate surface area is 95.6 Å². The van der Waals surface area contributed by atoms with Crippen LogP contribution in [0, 0.1) is 0 Å². The average molecular weight is 243 g/mol. The molecule has 1 unspecified atom stereocenters. The van der Waals surface area contributed by atoms with Crippen LogP contribution in [0.4, 0.5) is 5.82 Å². The number of nitrogen functional groups attached to an aromatic ring is 1. The molecule has 1 atom stereocenters. The number of nitrogens with zero attached hydrogens (tertiary/aromatic N) is 2. The molecule has 90 valence electrons. The first-order valence-electron chi connectivity index (χ1n) is 5.44. The van der Waals surface area contributed by atoms with Crippen molar-refractivity contribution in [3.8, 4) is 0 Å². The molecule has 2 rings (SSSR count). The molecule has 1 saturated heterocycles. The van der Waals surface area contributed by atoms with Gasteiger partial charge in [0.05, 0.1) is 23.7 Å². The van der Waals surface area contributed by atoms with Crippen LogP contribution < -0.4 is 5.73 Å². The molecule has 0 bridgehead atoms. The van der Waals surface area contributed by atoms with Crippen molar-refractivity contribution >= 4 is 15.7 Å². The standard InChI is InChI=1S/C10H17N3O2S/c1-7(2)9-5-12-13(10(9)11)8-3-4-16(14,15)6-8/h5,7-8H,3-4,6,11H2,1-2H3. The maximum atomic E-state index is 11.4. The van der Waals surface area contributed by atoms with Crippen molar-refractivity contribution < 1.29 is 8.42 Å². The Balaban J connectivity index is 2.29. The van der Waals surface area contributed by atoms with E-state index in [1.54, 1.807) is 10.9 Å². The van der Waals surface area contributed by atoms with Crippen molar-refractivity contribution in [3.05, 3.63) is 11.8 Å². The predicted molar refractivity (Wildman–Crippen MR) is 63.0 cm³/mol. The molecule has 1 fully saturated rings. The summed E-state index contributed by atoms with van der Waals surface area (Å²) in [6, 6.07) is -0.0856. The zero-order chi connectivity index (χ0) is 11.9. The van der Waals surface area contributed by atoms with E-state index in [9.17, 15) is 8.42 Å². The summed E-state index contributed by atoms with van der Waals surface area (Å²) >= 11 is 0. The van der Waals surface area contributed by atoms with Gasteiger partial charge in [-0.3, -0.25) is 0 Å². The molecular weight excluding hydrogens is 226 g/mol. The Morgan fingerprint density at radius 3 is 2.69 bits per heavy atom. The van der Waals surface area contributed by atoms with E-state index in [0.29, 0.717) is 18.2 Å². The molecule has 0 aliphatic carbocycles. The van der Waals surface area contributed by atoms with Crippen LogP contribution in [0.3, 0.4) is 0 Å². The number of hydrogen-bond acceptors (Lipinski definition) is 4. The summed E-state index contributed by atoms with van der Waals surface area (Å²) in [7, 11) is -2.89. The second-order valence-electron chi connectivity index (χ2n) is 4.64. The van der Waals surface area contributed by atoms with Crippen LogP contribution in [0.15, 0.2) is 6.20 Å². The van der Waals surface area contributed by atoms with Gasteiger partial charge < -0.3 is 5.73 Å². The summed E-state index contributed by atoms with van der Waals surface area (Å²) in [6.45, 7) is 4.09. The maximum absolute atomic E-state index is 11.4. The lowest BCUT2D eigenvalue weighted by Gasteiger charge is -2.11. The molecule has 0 radical (unpaired) electrons. The SMILES string of the molecule is CC(C)c1cnn(C2CCS(=O)(=O)C2)c1N.